The molecule has 0 saturated carbocycles. The molecule has 8 bridgehead atoms. The van der Waals surface area contributed by atoms with Crippen LogP contribution in [-0.4, -0.2) is 28.5 Å². The van der Waals surface area contributed by atoms with E-state index in [-0.39, 0.29) is 61.7 Å². The molecule has 2 N–H and O–H groups in total. The minimum absolute atomic E-state index is 0. The molecule has 5 aromatic rings. The second kappa shape index (κ2) is 17.3. The van der Waals surface area contributed by atoms with E-state index in [0.29, 0.717) is 0 Å². The average Bonchev–Trinajstić information content (AvgIpc) is 3.99. The number of aromatic amines is 1. The molecule has 0 aliphatic carbocycles. The number of H-pyrrole nitrogens is 1. The topological polar surface area (TPSA) is 68.1 Å². The number of nitrogens with zero attached hydrogens (tertiary/aromatic N) is 6. The summed E-state index contributed by atoms with van der Waals surface area (Å²) in [6, 6.07) is 21.5. The van der Waals surface area contributed by atoms with Crippen LogP contribution in [-0.2, 0) is 28.2 Å². The Hall–Kier alpha value is -5.22. The van der Waals surface area contributed by atoms with Crippen LogP contribution in [0.25, 0.3) is 22.3 Å². The normalized spacial score (nSPS) is 22.4. The molecule has 284 valence electrons. The number of pyridine rings is 4. The highest BCUT2D eigenvalue weighted by Gasteiger charge is 2.31. The van der Waals surface area contributed by atoms with Gasteiger partial charge in [-0.15, -0.1) is 0 Å². The molecule has 56 heavy (non-hydrogen) atoms. The Morgan fingerprint density at radius 3 is 1.09 bits per heavy atom. The van der Waals surface area contributed by atoms with Crippen LogP contribution in [0.5, 0.6) is 0 Å². The third-order valence-corrected chi connectivity index (χ3v) is 10.2. The van der Waals surface area contributed by atoms with Crippen molar-refractivity contribution in [3.63, 3.8) is 0 Å². The first-order chi connectivity index (χ1) is 25.4. The van der Waals surface area contributed by atoms with Crippen LogP contribution in [0.15, 0.2) is 168 Å². The van der Waals surface area contributed by atoms with E-state index < -0.39 is 0 Å². The highest BCUT2D eigenvalue weighted by Crippen LogP contribution is 2.35. The molecule has 0 aromatic carbocycles. The maximum absolute atomic E-state index is 5.42. The Bertz CT molecular complexity index is 2430. The van der Waals surface area contributed by atoms with E-state index in [9.17, 15) is 0 Å². The zero-order chi connectivity index (χ0) is 35.3. The van der Waals surface area contributed by atoms with Crippen LogP contribution in [0.3, 0.4) is 0 Å². The Kier molecular flexibility index (Phi) is 12.9. The zero-order valence-corrected chi connectivity index (χ0v) is 34.2. The molecule has 0 amide bonds. The quantitative estimate of drug-likeness (QED) is 0.138. The van der Waals surface area contributed by atoms with Gasteiger partial charge in [-0.25, -0.2) is 28.3 Å². The standard InChI is InChI=1S/C44H39N8.4ClH/c1-49-21-13-29(14-22-49)41-33-5-7-35(45-33)42(30-15-23-50(2)24-16-30)37-9-11-39(47-37)44(32-19-27-52(4)28-20-32)40-12-10-38(48-40)43(36-8-6-34(41)46-36)31-17-25-51(3)26-18-31;;;;/h5-28,33,35,45H,1-4H3;4*1H/q+3;;;;/p-3. The van der Waals surface area contributed by atoms with Gasteiger partial charge < -0.3 is 54.6 Å². The first-order valence-electron chi connectivity index (χ1n) is 17.6. The molecule has 0 spiro atoms. The van der Waals surface area contributed by atoms with Crippen LogP contribution < -0.4 is 83.9 Å². The summed E-state index contributed by atoms with van der Waals surface area (Å²) in [4.78, 5) is 14.7. The van der Waals surface area contributed by atoms with Gasteiger partial charge in [0.1, 0.15) is 28.2 Å². The molecular weight excluding hydrogens is 782 g/mol. The van der Waals surface area contributed by atoms with E-state index in [1.807, 2.05) is 28.2 Å². The van der Waals surface area contributed by atoms with E-state index in [4.69, 9.17) is 9.98 Å². The number of aryl methyl sites for hydroxylation is 4. The van der Waals surface area contributed by atoms with Crippen molar-refractivity contribution in [2.24, 2.45) is 38.2 Å². The number of hydrogen-bond acceptors (Lipinski definition) is 3. The van der Waals surface area contributed by atoms with E-state index in [0.717, 1.165) is 78.1 Å². The SMILES string of the molecule is C[n+]1ccc(/C2=C3\C=CC(=N3)/C(c3cc[n+](C)cc3)=c3/cc/c([nH]3)=C(\c3cc[n+](C)cc3)C3=N/C(=C(/c4cc[n+](C)cc4)C4C=CC2N4)C=C3)cc1.[Cl-].[Cl-].[Cl-].[Cl-]. The Morgan fingerprint density at radius 1 is 0.429 bits per heavy atom. The molecule has 12 heteroatoms. The highest BCUT2D eigenvalue weighted by molar-refractivity contribution is 6.31. The first-order valence-corrected chi connectivity index (χ1v) is 17.6. The van der Waals surface area contributed by atoms with Gasteiger partial charge in [0.05, 0.1) is 34.9 Å². The van der Waals surface area contributed by atoms with Gasteiger partial charge in [0, 0.05) is 81.5 Å². The lowest BCUT2D eigenvalue weighted by Crippen LogP contribution is -3.00. The minimum Gasteiger partial charge on any atom is -1.00 e. The van der Waals surface area contributed by atoms with Crippen molar-refractivity contribution in [3.05, 3.63) is 191 Å². The lowest BCUT2D eigenvalue weighted by molar-refractivity contribution is -0.671. The lowest BCUT2D eigenvalue weighted by atomic mass is 9.96. The van der Waals surface area contributed by atoms with Crippen molar-refractivity contribution in [1.82, 2.24) is 10.3 Å². The van der Waals surface area contributed by atoms with E-state index >= 15 is 0 Å². The smallest absolute Gasteiger partial charge is 0.169 e. The summed E-state index contributed by atoms with van der Waals surface area (Å²) in [7, 11) is 8.17. The van der Waals surface area contributed by atoms with Crippen molar-refractivity contribution in [2.45, 2.75) is 12.1 Å². The van der Waals surface area contributed by atoms with E-state index in [2.05, 4.69) is 175 Å². The van der Waals surface area contributed by atoms with Crippen LogP contribution in [0.4, 0.5) is 0 Å². The fraction of sp³-hybridized carbons (Fsp3) is 0.136. The minimum atomic E-state index is -0.0823. The molecule has 0 fully saturated rings. The third-order valence-electron chi connectivity index (χ3n) is 10.2. The van der Waals surface area contributed by atoms with E-state index in [1.54, 1.807) is 0 Å². The largest absolute Gasteiger partial charge is 1.00 e. The monoisotopic (exact) mass is 820 g/mol. The second-order valence-corrected chi connectivity index (χ2v) is 13.8. The molecule has 2 atom stereocenters. The number of aliphatic imine (C=N–C) groups is 2. The Labute approximate surface area is 351 Å². The summed E-state index contributed by atoms with van der Waals surface area (Å²) in [5, 5.41) is 5.97. The molecule has 5 aromatic heterocycles. The van der Waals surface area contributed by atoms with Crippen molar-refractivity contribution in [1.29, 1.82) is 0 Å². The number of fused-ring (bicyclic) bond motifs is 6. The summed E-state index contributed by atoms with van der Waals surface area (Å²) >= 11 is 0. The molecule has 8 nitrogen and oxygen atoms in total. The van der Waals surface area contributed by atoms with Gasteiger partial charge in [-0.1, -0.05) is 12.2 Å². The molecular formula is C44H40Cl4N8. The summed E-state index contributed by atoms with van der Waals surface area (Å²) < 4.78 is 8.24. The van der Waals surface area contributed by atoms with Gasteiger partial charge in [0.15, 0.2) is 49.6 Å². The number of nitrogens with one attached hydrogen (secondary N) is 2. The van der Waals surface area contributed by atoms with Crippen LogP contribution >= 0.6 is 0 Å². The molecule has 0 saturated heterocycles. The fourth-order valence-corrected chi connectivity index (χ4v) is 7.43. The highest BCUT2D eigenvalue weighted by atomic mass is 35.5. The van der Waals surface area contributed by atoms with Gasteiger partial charge in [0.2, 0.25) is 0 Å². The number of halogens is 4. The average molecular weight is 823 g/mol. The maximum Gasteiger partial charge on any atom is 0.169 e. The fourth-order valence-electron chi connectivity index (χ4n) is 7.43. The Morgan fingerprint density at radius 2 is 0.750 bits per heavy atom. The number of hydrogen-bond donors (Lipinski definition) is 2. The van der Waals surface area contributed by atoms with Crippen molar-refractivity contribution >= 4 is 33.7 Å². The Balaban J connectivity index is 0.00000150. The van der Waals surface area contributed by atoms with Crippen molar-refractivity contribution in [2.75, 3.05) is 0 Å². The van der Waals surface area contributed by atoms with Crippen LogP contribution in [0, 0.1) is 0 Å². The van der Waals surface area contributed by atoms with Crippen molar-refractivity contribution in [3.8, 4) is 0 Å². The summed E-state index contributed by atoms with van der Waals surface area (Å²) in [6.45, 7) is 0. The van der Waals surface area contributed by atoms with E-state index in [1.165, 1.54) is 0 Å². The predicted octanol–water partition coefficient (Wildman–Crippen LogP) is -9.52. The van der Waals surface area contributed by atoms with Gasteiger partial charge in [0.25, 0.3) is 0 Å². The summed E-state index contributed by atoms with van der Waals surface area (Å²) in [5.74, 6) is 0. The number of rotatable bonds is 4. The zero-order valence-electron chi connectivity index (χ0n) is 31.2. The van der Waals surface area contributed by atoms with Gasteiger partial charge in [-0.05, 0) is 58.7 Å². The van der Waals surface area contributed by atoms with Gasteiger partial charge >= 0.3 is 0 Å². The van der Waals surface area contributed by atoms with Gasteiger partial charge in [-0.2, -0.15) is 0 Å². The molecule has 9 rings (SSSR count). The molecule has 9 heterocycles. The molecule has 0 radical (unpaired) electrons. The molecule has 4 aliphatic heterocycles. The molecule has 4 aliphatic rings. The van der Waals surface area contributed by atoms with Crippen molar-refractivity contribution < 1.29 is 67.9 Å². The van der Waals surface area contributed by atoms with Crippen LogP contribution in [0.2, 0.25) is 0 Å². The first kappa shape index (κ1) is 41.9. The maximum atomic E-state index is 5.42. The third kappa shape index (κ3) is 7.89. The second-order valence-electron chi connectivity index (χ2n) is 13.8. The predicted molar refractivity (Wildman–Crippen MR) is 202 cm³/mol. The number of aromatic nitrogens is 5. The van der Waals surface area contributed by atoms with Gasteiger partial charge in [-0.3, -0.25) is 5.32 Å². The lowest BCUT2D eigenvalue weighted by Gasteiger charge is -2.22. The summed E-state index contributed by atoms with van der Waals surface area (Å²) in [6.07, 6.45) is 29.9. The summed E-state index contributed by atoms with van der Waals surface area (Å²) in [5.41, 5.74) is 12.5. The molecule has 2 unspecified atom stereocenters. The number of allylic oxidation sites excluding steroid dienone is 4. The van der Waals surface area contributed by atoms with Crippen LogP contribution in [0.1, 0.15) is 22.3 Å².